The van der Waals surface area contributed by atoms with Crippen molar-refractivity contribution in [2.75, 3.05) is 6.61 Å². The number of carbonyl (C=O) groups excluding carboxylic acids is 2. The summed E-state index contributed by atoms with van der Waals surface area (Å²) in [7, 11) is 0. The van der Waals surface area contributed by atoms with E-state index >= 15 is 0 Å². The van der Waals surface area contributed by atoms with Gasteiger partial charge in [-0.1, -0.05) is 6.92 Å². The normalized spacial score (nSPS) is 9.50. The van der Waals surface area contributed by atoms with Crippen molar-refractivity contribution < 1.29 is 14.3 Å². The molecule has 1 aromatic rings. The van der Waals surface area contributed by atoms with Crippen molar-refractivity contribution in [3.63, 3.8) is 0 Å². The largest absolute Gasteiger partial charge is 0.494 e. The molecule has 0 heterocycles. The van der Waals surface area contributed by atoms with Crippen LogP contribution in [-0.2, 0) is 0 Å². The van der Waals surface area contributed by atoms with Crippen molar-refractivity contribution in [1.82, 2.24) is 0 Å². The summed E-state index contributed by atoms with van der Waals surface area (Å²) in [6, 6.07) is 4.85. The summed E-state index contributed by atoms with van der Waals surface area (Å²) < 4.78 is 5.32. The first-order valence-corrected chi connectivity index (χ1v) is 4.49. The van der Waals surface area contributed by atoms with Gasteiger partial charge >= 0.3 is 0 Å². The van der Waals surface area contributed by atoms with Crippen LogP contribution in [0.25, 0.3) is 0 Å². The van der Waals surface area contributed by atoms with E-state index in [1.807, 2.05) is 6.92 Å². The summed E-state index contributed by atoms with van der Waals surface area (Å²) >= 11 is 0. The Hall–Kier alpha value is -1.64. The fraction of sp³-hybridized carbons (Fsp3) is 0.273. The number of aldehydes is 2. The van der Waals surface area contributed by atoms with Crippen LogP contribution in [0.15, 0.2) is 18.2 Å². The van der Waals surface area contributed by atoms with Gasteiger partial charge in [0.25, 0.3) is 0 Å². The van der Waals surface area contributed by atoms with E-state index in [1.54, 1.807) is 18.2 Å². The Kier molecular flexibility index (Phi) is 3.85. The molecule has 74 valence electrons. The summed E-state index contributed by atoms with van der Waals surface area (Å²) in [5, 5.41) is 0. The van der Waals surface area contributed by atoms with Gasteiger partial charge in [-0.2, -0.15) is 0 Å². The van der Waals surface area contributed by atoms with Crippen LogP contribution in [0.2, 0.25) is 0 Å². The molecule has 0 unspecified atom stereocenters. The van der Waals surface area contributed by atoms with E-state index in [0.717, 1.165) is 6.42 Å². The van der Waals surface area contributed by atoms with Gasteiger partial charge in [0.1, 0.15) is 5.75 Å². The van der Waals surface area contributed by atoms with Gasteiger partial charge in [-0.15, -0.1) is 0 Å². The monoisotopic (exact) mass is 192 g/mol. The zero-order valence-electron chi connectivity index (χ0n) is 8.03. The summed E-state index contributed by atoms with van der Waals surface area (Å²) in [5.74, 6) is 0.625. The van der Waals surface area contributed by atoms with E-state index in [-0.39, 0.29) is 0 Å². The van der Waals surface area contributed by atoms with Crippen LogP contribution in [0.1, 0.15) is 34.1 Å². The van der Waals surface area contributed by atoms with Gasteiger partial charge in [0.05, 0.1) is 6.61 Å². The van der Waals surface area contributed by atoms with Crippen LogP contribution in [0.5, 0.6) is 5.75 Å². The highest BCUT2D eigenvalue weighted by molar-refractivity contribution is 5.90. The number of carbonyl (C=O) groups is 2. The molecule has 0 fully saturated rings. The SMILES string of the molecule is CCCOc1ccc(C=O)c(C=O)c1. The van der Waals surface area contributed by atoms with Crippen LogP contribution in [0.3, 0.4) is 0 Å². The van der Waals surface area contributed by atoms with Gasteiger partial charge in [-0.25, -0.2) is 0 Å². The minimum Gasteiger partial charge on any atom is -0.494 e. The average molecular weight is 192 g/mol. The second-order valence-corrected chi connectivity index (χ2v) is 2.87. The molecule has 1 rings (SSSR count). The van der Waals surface area contributed by atoms with E-state index in [2.05, 4.69) is 0 Å². The third-order valence-corrected chi connectivity index (χ3v) is 1.79. The van der Waals surface area contributed by atoms with Crippen molar-refractivity contribution in [3.8, 4) is 5.75 Å². The zero-order chi connectivity index (χ0) is 10.4. The molecule has 0 amide bonds. The zero-order valence-corrected chi connectivity index (χ0v) is 8.03. The molecule has 0 bridgehead atoms. The van der Waals surface area contributed by atoms with Gasteiger partial charge in [0.2, 0.25) is 0 Å². The van der Waals surface area contributed by atoms with Crippen molar-refractivity contribution in [2.45, 2.75) is 13.3 Å². The Bertz CT molecular complexity index is 331. The molecule has 3 heteroatoms. The maximum absolute atomic E-state index is 10.6. The summed E-state index contributed by atoms with van der Waals surface area (Å²) in [4.78, 5) is 21.1. The second-order valence-electron chi connectivity index (χ2n) is 2.87. The third kappa shape index (κ3) is 2.42. The number of rotatable bonds is 5. The fourth-order valence-electron chi connectivity index (χ4n) is 1.07. The Morgan fingerprint density at radius 1 is 1.21 bits per heavy atom. The third-order valence-electron chi connectivity index (χ3n) is 1.79. The molecule has 3 nitrogen and oxygen atoms in total. The molecule has 0 atom stereocenters. The molecule has 0 N–H and O–H groups in total. The Morgan fingerprint density at radius 2 is 1.93 bits per heavy atom. The maximum Gasteiger partial charge on any atom is 0.150 e. The standard InChI is InChI=1S/C11H12O3/c1-2-5-14-11-4-3-9(7-12)10(6-11)8-13/h3-4,6-8H,2,5H2,1H3. The highest BCUT2D eigenvalue weighted by atomic mass is 16.5. The average Bonchev–Trinajstić information content (AvgIpc) is 2.25. The predicted octanol–water partition coefficient (Wildman–Crippen LogP) is 2.10. The first-order valence-electron chi connectivity index (χ1n) is 4.49. The molecule has 0 aromatic heterocycles. The first kappa shape index (κ1) is 10.4. The maximum atomic E-state index is 10.6. The summed E-state index contributed by atoms with van der Waals surface area (Å²) in [6.07, 6.45) is 2.22. The Balaban J connectivity index is 2.89. The molecular weight excluding hydrogens is 180 g/mol. The minimum absolute atomic E-state index is 0.369. The van der Waals surface area contributed by atoms with Gasteiger partial charge in [0, 0.05) is 11.1 Å². The molecule has 0 aliphatic rings. The molecule has 14 heavy (non-hydrogen) atoms. The Labute approximate surface area is 82.7 Å². The van der Waals surface area contributed by atoms with E-state index < -0.39 is 0 Å². The fourth-order valence-corrected chi connectivity index (χ4v) is 1.07. The van der Waals surface area contributed by atoms with Crippen molar-refractivity contribution in [1.29, 1.82) is 0 Å². The van der Waals surface area contributed by atoms with Gasteiger partial charge < -0.3 is 4.74 Å². The lowest BCUT2D eigenvalue weighted by atomic mass is 10.1. The van der Waals surface area contributed by atoms with E-state index in [4.69, 9.17) is 4.74 Å². The first-order chi connectivity index (χ1) is 6.81. The van der Waals surface area contributed by atoms with Crippen molar-refractivity contribution >= 4 is 12.6 Å². The van der Waals surface area contributed by atoms with Gasteiger partial charge in [-0.3, -0.25) is 9.59 Å². The smallest absolute Gasteiger partial charge is 0.150 e. The van der Waals surface area contributed by atoms with Crippen molar-refractivity contribution in [3.05, 3.63) is 29.3 Å². The molecule has 0 saturated heterocycles. The molecule has 0 aliphatic heterocycles. The number of hydrogen-bond donors (Lipinski definition) is 0. The number of benzene rings is 1. The lowest BCUT2D eigenvalue weighted by Gasteiger charge is -2.05. The molecule has 0 aliphatic carbocycles. The van der Waals surface area contributed by atoms with Crippen LogP contribution in [-0.4, -0.2) is 19.2 Å². The highest BCUT2D eigenvalue weighted by Gasteiger charge is 2.02. The van der Waals surface area contributed by atoms with Crippen LogP contribution >= 0.6 is 0 Å². The molecule has 0 radical (unpaired) electrons. The van der Waals surface area contributed by atoms with Gasteiger partial charge in [0.15, 0.2) is 12.6 Å². The van der Waals surface area contributed by atoms with Crippen LogP contribution in [0, 0.1) is 0 Å². The van der Waals surface area contributed by atoms with Crippen LogP contribution in [0.4, 0.5) is 0 Å². The lowest BCUT2D eigenvalue weighted by Crippen LogP contribution is -1.97. The summed E-state index contributed by atoms with van der Waals surface area (Å²) in [5.41, 5.74) is 0.762. The predicted molar refractivity (Wildman–Crippen MR) is 53.0 cm³/mol. The molecule has 0 spiro atoms. The molecule has 0 saturated carbocycles. The topological polar surface area (TPSA) is 43.4 Å². The quantitative estimate of drug-likeness (QED) is 0.671. The van der Waals surface area contributed by atoms with E-state index in [9.17, 15) is 9.59 Å². The minimum atomic E-state index is 0.369. The second kappa shape index (κ2) is 5.17. The Morgan fingerprint density at radius 3 is 2.50 bits per heavy atom. The van der Waals surface area contributed by atoms with E-state index in [0.29, 0.717) is 36.1 Å². The van der Waals surface area contributed by atoms with E-state index in [1.165, 1.54) is 0 Å². The summed E-state index contributed by atoms with van der Waals surface area (Å²) in [6.45, 7) is 2.61. The molecular formula is C11H12O3. The van der Waals surface area contributed by atoms with Gasteiger partial charge in [-0.05, 0) is 24.6 Å². The lowest BCUT2D eigenvalue weighted by molar-refractivity contribution is 0.109. The number of ether oxygens (including phenoxy) is 1. The number of hydrogen-bond acceptors (Lipinski definition) is 3. The molecule has 1 aromatic carbocycles. The highest BCUT2D eigenvalue weighted by Crippen LogP contribution is 2.15. The van der Waals surface area contributed by atoms with Crippen molar-refractivity contribution in [2.24, 2.45) is 0 Å². The van der Waals surface area contributed by atoms with Crippen LogP contribution < -0.4 is 4.74 Å².